The Balaban J connectivity index is 1.96. The highest BCUT2D eigenvalue weighted by Gasteiger charge is 2.19. The lowest BCUT2D eigenvalue weighted by atomic mass is 9.97. The van der Waals surface area contributed by atoms with E-state index in [1.807, 2.05) is 6.07 Å². The lowest BCUT2D eigenvalue weighted by Crippen LogP contribution is -2.36. The van der Waals surface area contributed by atoms with Crippen molar-refractivity contribution in [3.8, 4) is 0 Å². The van der Waals surface area contributed by atoms with Gasteiger partial charge in [-0.1, -0.05) is 22.9 Å². The van der Waals surface area contributed by atoms with E-state index in [0.29, 0.717) is 12.1 Å². The maximum atomic E-state index is 13.4. The van der Waals surface area contributed by atoms with Crippen LogP contribution >= 0.6 is 15.9 Å². The first-order valence-corrected chi connectivity index (χ1v) is 8.26. The van der Waals surface area contributed by atoms with Crippen molar-refractivity contribution in [1.29, 1.82) is 0 Å². The Hall–Kier alpha value is -0.450. The molecule has 0 bridgehead atoms. The van der Waals surface area contributed by atoms with Gasteiger partial charge in [0.25, 0.3) is 0 Å². The number of ether oxygens (including phenoxy) is 1. The van der Waals surface area contributed by atoms with Crippen LogP contribution in [0.25, 0.3) is 0 Å². The normalized spacial score (nSPS) is 20.9. The molecule has 4 heteroatoms. The highest BCUT2D eigenvalue weighted by molar-refractivity contribution is 9.10. The molecule has 2 unspecified atom stereocenters. The minimum absolute atomic E-state index is 0.182. The van der Waals surface area contributed by atoms with Crippen LogP contribution in [0.5, 0.6) is 0 Å². The molecule has 2 rings (SSSR count). The van der Waals surface area contributed by atoms with Crippen molar-refractivity contribution in [2.24, 2.45) is 0 Å². The molecule has 2 atom stereocenters. The molecule has 0 radical (unpaired) electrons. The second kappa shape index (κ2) is 8.11. The molecule has 1 heterocycles. The Morgan fingerprint density at radius 3 is 2.90 bits per heavy atom. The number of halogens is 2. The Labute approximate surface area is 129 Å². The van der Waals surface area contributed by atoms with Crippen LogP contribution in [0.2, 0.25) is 0 Å². The first-order chi connectivity index (χ1) is 9.67. The van der Waals surface area contributed by atoms with Crippen molar-refractivity contribution < 1.29 is 9.13 Å². The molecule has 1 aliphatic heterocycles. The van der Waals surface area contributed by atoms with Crippen LogP contribution in [0.1, 0.15) is 38.2 Å². The highest BCUT2D eigenvalue weighted by atomic mass is 79.9. The van der Waals surface area contributed by atoms with E-state index in [2.05, 4.69) is 28.2 Å². The summed E-state index contributed by atoms with van der Waals surface area (Å²) < 4.78 is 20.1. The molecule has 0 aliphatic carbocycles. The molecule has 0 saturated carbocycles. The Bertz CT molecular complexity index is 401. The van der Waals surface area contributed by atoms with Gasteiger partial charge in [0.2, 0.25) is 0 Å². The quantitative estimate of drug-likeness (QED) is 0.840. The Kier molecular flexibility index (Phi) is 6.46. The van der Waals surface area contributed by atoms with E-state index in [-0.39, 0.29) is 5.82 Å². The fourth-order valence-corrected chi connectivity index (χ4v) is 3.36. The lowest BCUT2D eigenvalue weighted by molar-refractivity contribution is 0.00535. The van der Waals surface area contributed by atoms with Crippen molar-refractivity contribution in [3.05, 3.63) is 34.1 Å². The van der Waals surface area contributed by atoms with Gasteiger partial charge in [0, 0.05) is 17.1 Å². The zero-order valence-electron chi connectivity index (χ0n) is 12.0. The van der Waals surface area contributed by atoms with Crippen molar-refractivity contribution in [2.75, 3.05) is 13.2 Å². The predicted octanol–water partition coefficient (Wildman–Crippen LogP) is 4.07. The third-order valence-electron chi connectivity index (χ3n) is 3.72. The molecule has 1 fully saturated rings. The number of rotatable bonds is 6. The summed E-state index contributed by atoms with van der Waals surface area (Å²) in [5.74, 6) is -0.182. The largest absolute Gasteiger partial charge is 0.378 e. The standard InChI is InChI=1S/C16H23BrFNO/c1-2-19-15(11-16-5-3-4-6-20-16)9-12-7-13(17)10-14(18)8-12/h7-8,10,15-16,19H,2-6,9,11H2,1H3. The van der Waals surface area contributed by atoms with Gasteiger partial charge < -0.3 is 10.1 Å². The van der Waals surface area contributed by atoms with Crippen LogP contribution in [-0.2, 0) is 11.2 Å². The van der Waals surface area contributed by atoms with E-state index in [0.717, 1.165) is 42.5 Å². The van der Waals surface area contributed by atoms with Gasteiger partial charge in [-0.05, 0) is 62.4 Å². The summed E-state index contributed by atoms with van der Waals surface area (Å²) in [7, 11) is 0. The second-order valence-corrected chi connectivity index (χ2v) is 6.38. The summed E-state index contributed by atoms with van der Waals surface area (Å²) in [6, 6.07) is 5.46. The Morgan fingerprint density at radius 1 is 1.40 bits per heavy atom. The number of likely N-dealkylation sites (N-methyl/N-ethyl adjacent to an activating group) is 1. The van der Waals surface area contributed by atoms with Gasteiger partial charge in [-0.3, -0.25) is 0 Å². The van der Waals surface area contributed by atoms with Crippen LogP contribution in [0.3, 0.4) is 0 Å². The fraction of sp³-hybridized carbons (Fsp3) is 0.625. The van der Waals surface area contributed by atoms with E-state index >= 15 is 0 Å². The van der Waals surface area contributed by atoms with Gasteiger partial charge in [0.05, 0.1) is 6.10 Å². The summed E-state index contributed by atoms with van der Waals surface area (Å²) in [5, 5.41) is 3.50. The average Bonchev–Trinajstić information content (AvgIpc) is 2.39. The van der Waals surface area contributed by atoms with E-state index < -0.39 is 0 Å². The molecular weight excluding hydrogens is 321 g/mol. The number of nitrogens with one attached hydrogen (secondary N) is 1. The summed E-state index contributed by atoms with van der Waals surface area (Å²) in [4.78, 5) is 0. The first kappa shape index (κ1) is 15.9. The van der Waals surface area contributed by atoms with E-state index in [1.54, 1.807) is 6.07 Å². The van der Waals surface area contributed by atoms with Gasteiger partial charge in [0.1, 0.15) is 5.82 Å². The van der Waals surface area contributed by atoms with Crippen LogP contribution in [0, 0.1) is 5.82 Å². The third-order valence-corrected chi connectivity index (χ3v) is 4.18. The average molecular weight is 344 g/mol. The maximum Gasteiger partial charge on any atom is 0.124 e. The Morgan fingerprint density at radius 2 is 2.25 bits per heavy atom. The van der Waals surface area contributed by atoms with Crippen LogP contribution < -0.4 is 5.32 Å². The fourth-order valence-electron chi connectivity index (χ4n) is 2.85. The van der Waals surface area contributed by atoms with Gasteiger partial charge in [-0.25, -0.2) is 4.39 Å². The highest BCUT2D eigenvalue weighted by Crippen LogP contribution is 2.21. The van der Waals surface area contributed by atoms with Gasteiger partial charge in [0.15, 0.2) is 0 Å². The lowest BCUT2D eigenvalue weighted by Gasteiger charge is -2.27. The van der Waals surface area contributed by atoms with Crippen LogP contribution in [0.4, 0.5) is 4.39 Å². The smallest absolute Gasteiger partial charge is 0.124 e. The van der Waals surface area contributed by atoms with Crippen molar-refractivity contribution in [2.45, 2.75) is 51.2 Å². The minimum atomic E-state index is -0.182. The molecule has 1 saturated heterocycles. The molecule has 0 aromatic heterocycles. The molecule has 1 aliphatic rings. The predicted molar refractivity (Wildman–Crippen MR) is 83.5 cm³/mol. The number of hydrogen-bond acceptors (Lipinski definition) is 2. The maximum absolute atomic E-state index is 13.4. The molecule has 1 N–H and O–H groups in total. The van der Waals surface area contributed by atoms with Crippen molar-refractivity contribution in [3.63, 3.8) is 0 Å². The molecular formula is C16H23BrFNO. The molecule has 1 aromatic rings. The van der Waals surface area contributed by atoms with Crippen LogP contribution in [0.15, 0.2) is 22.7 Å². The van der Waals surface area contributed by atoms with E-state index in [9.17, 15) is 4.39 Å². The molecule has 2 nitrogen and oxygen atoms in total. The second-order valence-electron chi connectivity index (χ2n) is 5.46. The number of hydrogen-bond donors (Lipinski definition) is 1. The van der Waals surface area contributed by atoms with E-state index in [1.165, 1.54) is 18.9 Å². The first-order valence-electron chi connectivity index (χ1n) is 7.47. The minimum Gasteiger partial charge on any atom is -0.378 e. The molecule has 20 heavy (non-hydrogen) atoms. The molecule has 0 spiro atoms. The zero-order chi connectivity index (χ0) is 14.4. The summed E-state index contributed by atoms with van der Waals surface area (Å²) in [6.45, 7) is 3.92. The van der Waals surface area contributed by atoms with Gasteiger partial charge in [-0.15, -0.1) is 0 Å². The molecule has 0 amide bonds. The SMILES string of the molecule is CCNC(Cc1cc(F)cc(Br)c1)CC1CCCCO1. The van der Waals surface area contributed by atoms with Gasteiger partial charge >= 0.3 is 0 Å². The summed E-state index contributed by atoms with van der Waals surface area (Å²) >= 11 is 3.36. The van der Waals surface area contributed by atoms with Crippen molar-refractivity contribution >= 4 is 15.9 Å². The summed E-state index contributed by atoms with van der Waals surface area (Å²) in [6.07, 6.45) is 5.78. The number of benzene rings is 1. The molecule has 112 valence electrons. The summed E-state index contributed by atoms with van der Waals surface area (Å²) in [5.41, 5.74) is 1.03. The zero-order valence-corrected chi connectivity index (χ0v) is 13.6. The molecule has 1 aromatic carbocycles. The van der Waals surface area contributed by atoms with Gasteiger partial charge in [-0.2, -0.15) is 0 Å². The monoisotopic (exact) mass is 343 g/mol. The topological polar surface area (TPSA) is 21.3 Å². The van der Waals surface area contributed by atoms with Crippen molar-refractivity contribution in [1.82, 2.24) is 5.32 Å². The third kappa shape index (κ3) is 5.15. The van der Waals surface area contributed by atoms with Crippen LogP contribution in [-0.4, -0.2) is 25.3 Å². The van der Waals surface area contributed by atoms with E-state index in [4.69, 9.17) is 4.74 Å².